The summed E-state index contributed by atoms with van der Waals surface area (Å²) in [6.07, 6.45) is 6.83. The zero-order chi connectivity index (χ0) is 13.9. The smallest absolute Gasteiger partial charge is 0.240 e. The van der Waals surface area contributed by atoms with Crippen LogP contribution in [0.1, 0.15) is 19.3 Å². The van der Waals surface area contributed by atoms with Gasteiger partial charge in [0.25, 0.3) is 0 Å². The molecule has 3 rings (SSSR count). The van der Waals surface area contributed by atoms with Crippen LogP contribution in [0, 0.1) is 11.8 Å². The lowest BCUT2D eigenvalue weighted by atomic mass is 9.78. The number of likely N-dealkylation sites (tertiary alicyclic amines) is 1. The molecule has 1 aromatic heterocycles. The first-order chi connectivity index (χ1) is 9.72. The molecule has 2 fully saturated rings. The predicted octanol–water partition coefficient (Wildman–Crippen LogP) is 0.474. The molecule has 0 radical (unpaired) electrons. The van der Waals surface area contributed by atoms with Crippen molar-refractivity contribution >= 4 is 11.9 Å². The quantitative estimate of drug-likeness (QED) is 0.838. The summed E-state index contributed by atoms with van der Waals surface area (Å²) >= 11 is 0. The van der Waals surface area contributed by atoms with Crippen molar-refractivity contribution in [2.75, 3.05) is 25.0 Å². The van der Waals surface area contributed by atoms with Gasteiger partial charge in [-0.05, 0) is 30.7 Å². The topological polar surface area (TPSA) is 84.1 Å². The number of fused-ring (bicyclic) bond motifs is 1. The number of amides is 1. The van der Waals surface area contributed by atoms with Gasteiger partial charge in [-0.15, -0.1) is 0 Å². The molecule has 1 amide bonds. The molecule has 3 N–H and O–H groups in total. The van der Waals surface area contributed by atoms with E-state index in [9.17, 15) is 4.79 Å². The number of carbonyl (C=O) groups excluding carboxylic acids is 1. The van der Waals surface area contributed by atoms with E-state index in [1.165, 1.54) is 12.8 Å². The van der Waals surface area contributed by atoms with Crippen molar-refractivity contribution < 1.29 is 4.79 Å². The Balaban J connectivity index is 1.53. The lowest BCUT2D eigenvalue weighted by molar-refractivity contribution is -0.117. The van der Waals surface area contributed by atoms with E-state index in [2.05, 4.69) is 20.2 Å². The van der Waals surface area contributed by atoms with Gasteiger partial charge in [0.2, 0.25) is 11.9 Å². The van der Waals surface area contributed by atoms with Crippen LogP contribution in [0.2, 0.25) is 0 Å². The van der Waals surface area contributed by atoms with Crippen molar-refractivity contribution in [3.8, 4) is 0 Å². The van der Waals surface area contributed by atoms with Crippen molar-refractivity contribution in [1.82, 2.24) is 14.9 Å². The van der Waals surface area contributed by atoms with E-state index < -0.39 is 0 Å². The van der Waals surface area contributed by atoms with Crippen LogP contribution in [0.4, 0.5) is 5.95 Å². The average Bonchev–Trinajstić information content (AvgIpc) is 2.83. The van der Waals surface area contributed by atoms with E-state index in [4.69, 9.17) is 5.73 Å². The Hall–Kier alpha value is -1.53. The van der Waals surface area contributed by atoms with Gasteiger partial charge in [0.15, 0.2) is 0 Å². The average molecular weight is 275 g/mol. The number of rotatable bonds is 3. The van der Waals surface area contributed by atoms with E-state index in [0.717, 1.165) is 19.5 Å². The van der Waals surface area contributed by atoms with E-state index in [-0.39, 0.29) is 5.91 Å². The molecule has 0 spiro atoms. The summed E-state index contributed by atoms with van der Waals surface area (Å²) in [5.41, 5.74) is 6.19. The highest BCUT2D eigenvalue weighted by Gasteiger charge is 2.38. The van der Waals surface area contributed by atoms with Crippen LogP contribution < -0.4 is 11.1 Å². The Morgan fingerprint density at radius 3 is 2.90 bits per heavy atom. The Labute approximate surface area is 118 Å². The molecule has 1 saturated carbocycles. The highest BCUT2D eigenvalue weighted by molar-refractivity contribution is 5.90. The Kier molecular flexibility index (Phi) is 3.93. The van der Waals surface area contributed by atoms with Gasteiger partial charge >= 0.3 is 0 Å². The number of anilines is 1. The molecular formula is C14H21N5O. The lowest BCUT2D eigenvalue weighted by Gasteiger charge is -2.29. The van der Waals surface area contributed by atoms with Gasteiger partial charge in [-0.25, -0.2) is 9.97 Å². The van der Waals surface area contributed by atoms with Crippen LogP contribution in [0.15, 0.2) is 18.5 Å². The zero-order valence-electron chi connectivity index (χ0n) is 11.5. The van der Waals surface area contributed by atoms with Crippen LogP contribution in [0.5, 0.6) is 0 Å². The van der Waals surface area contributed by atoms with Gasteiger partial charge in [-0.3, -0.25) is 15.0 Å². The SMILES string of the molecule is NC1CCCC2CN(CC(=O)Nc3ncccn3)CC12. The summed E-state index contributed by atoms with van der Waals surface area (Å²) in [5, 5.41) is 2.73. The van der Waals surface area contributed by atoms with Gasteiger partial charge in [0, 0.05) is 31.5 Å². The summed E-state index contributed by atoms with van der Waals surface area (Å²) in [5.74, 6) is 1.54. The van der Waals surface area contributed by atoms with E-state index in [1.807, 2.05) is 0 Å². The molecule has 20 heavy (non-hydrogen) atoms. The van der Waals surface area contributed by atoms with Crippen LogP contribution in [-0.2, 0) is 4.79 Å². The molecule has 1 aliphatic carbocycles. The summed E-state index contributed by atoms with van der Waals surface area (Å²) in [4.78, 5) is 22.2. The second-order valence-electron chi connectivity index (χ2n) is 5.83. The first-order valence-corrected chi connectivity index (χ1v) is 7.27. The number of nitrogens with one attached hydrogen (secondary N) is 1. The minimum absolute atomic E-state index is 0.0524. The van der Waals surface area contributed by atoms with E-state index in [0.29, 0.717) is 30.4 Å². The molecule has 1 aromatic rings. The third-order valence-corrected chi connectivity index (χ3v) is 4.41. The normalized spacial score (nSPS) is 29.9. The molecule has 2 aliphatic rings. The molecule has 6 heteroatoms. The minimum Gasteiger partial charge on any atom is -0.327 e. The number of aromatic nitrogens is 2. The summed E-state index contributed by atoms with van der Waals surface area (Å²) in [6, 6.07) is 2.03. The van der Waals surface area contributed by atoms with Crippen molar-refractivity contribution in [3.63, 3.8) is 0 Å². The van der Waals surface area contributed by atoms with Gasteiger partial charge < -0.3 is 5.73 Å². The highest BCUT2D eigenvalue weighted by atomic mass is 16.2. The van der Waals surface area contributed by atoms with Gasteiger partial charge in [-0.1, -0.05) is 6.42 Å². The van der Waals surface area contributed by atoms with Gasteiger partial charge in [0.1, 0.15) is 0 Å². The summed E-state index contributed by atoms with van der Waals surface area (Å²) in [7, 11) is 0. The number of nitrogens with two attached hydrogens (primary N) is 1. The van der Waals surface area contributed by atoms with Crippen LogP contribution in [0.3, 0.4) is 0 Å². The molecule has 1 aliphatic heterocycles. The van der Waals surface area contributed by atoms with E-state index >= 15 is 0 Å². The third-order valence-electron chi connectivity index (χ3n) is 4.41. The maximum atomic E-state index is 12.0. The first-order valence-electron chi connectivity index (χ1n) is 7.27. The highest BCUT2D eigenvalue weighted by Crippen LogP contribution is 2.35. The fourth-order valence-electron chi connectivity index (χ4n) is 3.47. The Morgan fingerprint density at radius 2 is 2.15 bits per heavy atom. The van der Waals surface area contributed by atoms with Gasteiger partial charge in [0.05, 0.1) is 6.54 Å². The molecule has 3 atom stereocenters. The molecule has 0 aromatic carbocycles. The molecule has 0 bridgehead atoms. The Morgan fingerprint density at radius 1 is 1.35 bits per heavy atom. The number of carbonyl (C=O) groups is 1. The molecule has 3 unspecified atom stereocenters. The van der Waals surface area contributed by atoms with Gasteiger partial charge in [-0.2, -0.15) is 0 Å². The molecule has 108 valence electrons. The zero-order valence-corrected chi connectivity index (χ0v) is 11.5. The van der Waals surface area contributed by atoms with Crippen molar-refractivity contribution in [1.29, 1.82) is 0 Å². The summed E-state index contributed by atoms with van der Waals surface area (Å²) in [6.45, 7) is 2.33. The molecule has 2 heterocycles. The third kappa shape index (κ3) is 2.96. The first kappa shape index (κ1) is 13.5. The second kappa shape index (κ2) is 5.85. The van der Waals surface area contributed by atoms with Crippen molar-refractivity contribution in [2.45, 2.75) is 25.3 Å². The Bertz CT molecular complexity index is 466. The molecule has 1 saturated heterocycles. The number of nitrogens with zero attached hydrogens (tertiary/aromatic N) is 3. The number of hydrogen-bond donors (Lipinski definition) is 2. The monoisotopic (exact) mass is 275 g/mol. The second-order valence-corrected chi connectivity index (χ2v) is 5.83. The standard InChI is InChI=1S/C14H21N5O/c15-12-4-1-3-10-7-19(8-11(10)12)9-13(20)18-14-16-5-2-6-17-14/h2,5-6,10-12H,1,3-4,7-9,15H2,(H,16,17,18,20). The van der Waals surface area contributed by atoms with Crippen molar-refractivity contribution in [2.24, 2.45) is 17.6 Å². The maximum absolute atomic E-state index is 12.0. The van der Waals surface area contributed by atoms with Crippen LogP contribution in [-0.4, -0.2) is 46.5 Å². The number of hydrogen-bond acceptors (Lipinski definition) is 5. The molecule has 6 nitrogen and oxygen atoms in total. The predicted molar refractivity (Wildman–Crippen MR) is 75.9 cm³/mol. The van der Waals surface area contributed by atoms with Crippen molar-refractivity contribution in [3.05, 3.63) is 18.5 Å². The van der Waals surface area contributed by atoms with Crippen LogP contribution >= 0.6 is 0 Å². The minimum atomic E-state index is -0.0524. The fourth-order valence-corrected chi connectivity index (χ4v) is 3.47. The van der Waals surface area contributed by atoms with E-state index in [1.54, 1.807) is 18.5 Å². The van der Waals surface area contributed by atoms with Crippen LogP contribution in [0.25, 0.3) is 0 Å². The fraction of sp³-hybridized carbons (Fsp3) is 0.643. The maximum Gasteiger partial charge on any atom is 0.240 e. The lowest BCUT2D eigenvalue weighted by Crippen LogP contribution is -2.38. The summed E-state index contributed by atoms with van der Waals surface area (Å²) < 4.78 is 0. The molecular weight excluding hydrogens is 254 g/mol. The largest absolute Gasteiger partial charge is 0.327 e.